The van der Waals surface area contributed by atoms with E-state index in [2.05, 4.69) is 51.3 Å². The maximum absolute atomic E-state index is 2.41. The van der Waals surface area contributed by atoms with E-state index in [4.69, 9.17) is 0 Å². The lowest BCUT2D eigenvalue weighted by Crippen LogP contribution is -2.13. The van der Waals surface area contributed by atoms with Gasteiger partial charge in [-0.2, -0.15) is 0 Å². The van der Waals surface area contributed by atoms with E-state index in [0.717, 1.165) is 0 Å². The highest BCUT2D eigenvalue weighted by molar-refractivity contribution is 5.14. The Morgan fingerprint density at radius 1 is 1.00 bits per heavy atom. The molecule has 0 bridgehead atoms. The number of aromatic nitrogens is 1. The van der Waals surface area contributed by atoms with Crippen LogP contribution >= 0.6 is 0 Å². The Kier molecular flexibility index (Phi) is 2.61. The molecule has 0 aliphatic heterocycles. The van der Waals surface area contributed by atoms with Crippen molar-refractivity contribution < 1.29 is 0 Å². The van der Waals surface area contributed by atoms with Gasteiger partial charge in [0.05, 0.1) is 0 Å². The molecule has 1 rings (SSSR count). The van der Waals surface area contributed by atoms with Crippen LogP contribution in [0.3, 0.4) is 0 Å². The first-order chi connectivity index (χ1) is 5.54. The zero-order chi connectivity index (χ0) is 9.30. The molecule has 12 heavy (non-hydrogen) atoms. The SMILES string of the molecule is Cc1ccc(C)n1C(C)C(C)C. The lowest BCUT2D eigenvalue weighted by molar-refractivity contribution is 0.397. The van der Waals surface area contributed by atoms with Gasteiger partial charge in [0, 0.05) is 17.4 Å². The summed E-state index contributed by atoms with van der Waals surface area (Å²) in [5.41, 5.74) is 2.74. The van der Waals surface area contributed by atoms with Gasteiger partial charge in [-0.15, -0.1) is 0 Å². The number of hydrogen-bond acceptors (Lipinski definition) is 0. The lowest BCUT2D eigenvalue weighted by atomic mass is 10.1. The third-order valence-electron chi connectivity index (χ3n) is 2.70. The molecule has 0 spiro atoms. The van der Waals surface area contributed by atoms with Gasteiger partial charge in [0.1, 0.15) is 0 Å². The Balaban J connectivity index is 3.00. The fraction of sp³-hybridized carbons (Fsp3) is 0.636. The zero-order valence-corrected chi connectivity index (χ0v) is 8.76. The van der Waals surface area contributed by atoms with Crippen LogP contribution in [0.1, 0.15) is 38.2 Å². The van der Waals surface area contributed by atoms with E-state index in [1.165, 1.54) is 11.4 Å². The standard InChI is InChI=1S/C11H19N/c1-8(2)11(5)12-9(3)6-7-10(12)4/h6-8,11H,1-5H3. The summed E-state index contributed by atoms with van der Waals surface area (Å²) in [5.74, 6) is 0.704. The average molecular weight is 165 g/mol. The summed E-state index contributed by atoms with van der Waals surface area (Å²) < 4.78 is 2.41. The first kappa shape index (κ1) is 9.37. The molecule has 1 heteroatoms. The maximum atomic E-state index is 2.41. The molecule has 0 aliphatic rings. The van der Waals surface area contributed by atoms with Gasteiger partial charge in [0.25, 0.3) is 0 Å². The number of hydrogen-bond donors (Lipinski definition) is 0. The summed E-state index contributed by atoms with van der Waals surface area (Å²) in [6, 6.07) is 4.99. The van der Waals surface area contributed by atoms with Gasteiger partial charge in [-0.1, -0.05) is 13.8 Å². The highest BCUT2D eigenvalue weighted by Crippen LogP contribution is 2.21. The number of aryl methyl sites for hydroxylation is 2. The molecule has 1 nitrogen and oxygen atoms in total. The minimum atomic E-state index is 0.611. The monoisotopic (exact) mass is 165 g/mol. The van der Waals surface area contributed by atoms with Gasteiger partial charge in [-0.25, -0.2) is 0 Å². The highest BCUT2D eigenvalue weighted by atomic mass is 15.0. The van der Waals surface area contributed by atoms with Crippen molar-refractivity contribution in [1.82, 2.24) is 4.57 Å². The summed E-state index contributed by atoms with van der Waals surface area (Å²) in [6.07, 6.45) is 0. The Morgan fingerprint density at radius 2 is 1.42 bits per heavy atom. The van der Waals surface area contributed by atoms with Gasteiger partial charge in [0.2, 0.25) is 0 Å². The van der Waals surface area contributed by atoms with Crippen molar-refractivity contribution in [3.05, 3.63) is 23.5 Å². The predicted molar refractivity (Wildman–Crippen MR) is 53.5 cm³/mol. The minimum Gasteiger partial charge on any atom is -0.346 e. The molecular formula is C11H19N. The molecule has 1 unspecified atom stereocenters. The molecule has 0 N–H and O–H groups in total. The second kappa shape index (κ2) is 3.34. The van der Waals surface area contributed by atoms with Gasteiger partial charge >= 0.3 is 0 Å². The van der Waals surface area contributed by atoms with Crippen LogP contribution in [0.5, 0.6) is 0 Å². The smallest absolute Gasteiger partial charge is 0.0330 e. The fourth-order valence-corrected chi connectivity index (χ4v) is 1.62. The van der Waals surface area contributed by atoms with Crippen LogP contribution in [-0.4, -0.2) is 4.57 Å². The highest BCUT2D eigenvalue weighted by Gasteiger charge is 2.12. The quantitative estimate of drug-likeness (QED) is 0.633. The van der Waals surface area contributed by atoms with Crippen molar-refractivity contribution in [2.45, 2.75) is 40.7 Å². The molecular weight excluding hydrogens is 146 g/mol. The molecule has 0 aromatic carbocycles. The summed E-state index contributed by atoms with van der Waals surface area (Å²) in [7, 11) is 0. The van der Waals surface area contributed by atoms with Gasteiger partial charge in [-0.3, -0.25) is 0 Å². The van der Waals surface area contributed by atoms with Crippen LogP contribution in [0.25, 0.3) is 0 Å². The summed E-state index contributed by atoms with van der Waals surface area (Å²) in [5, 5.41) is 0. The van der Waals surface area contributed by atoms with Crippen LogP contribution in [0.15, 0.2) is 12.1 Å². The second-order valence-corrected chi connectivity index (χ2v) is 3.97. The fourth-order valence-electron chi connectivity index (χ4n) is 1.62. The third kappa shape index (κ3) is 1.55. The number of rotatable bonds is 2. The van der Waals surface area contributed by atoms with Gasteiger partial charge < -0.3 is 4.57 Å². The third-order valence-corrected chi connectivity index (χ3v) is 2.70. The van der Waals surface area contributed by atoms with Crippen LogP contribution in [-0.2, 0) is 0 Å². The van der Waals surface area contributed by atoms with Crippen molar-refractivity contribution in [3.63, 3.8) is 0 Å². The normalized spacial score (nSPS) is 13.8. The van der Waals surface area contributed by atoms with Crippen molar-refractivity contribution in [1.29, 1.82) is 0 Å². The van der Waals surface area contributed by atoms with Crippen LogP contribution in [0.2, 0.25) is 0 Å². The summed E-state index contributed by atoms with van der Waals surface area (Å²) in [6.45, 7) is 11.2. The molecule has 68 valence electrons. The Labute approximate surface area is 75.4 Å². The van der Waals surface area contributed by atoms with Crippen LogP contribution < -0.4 is 0 Å². The minimum absolute atomic E-state index is 0.611. The van der Waals surface area contributed by atoms with E-state index in [1.807, 2.05) is 0 Å². The summed E-state index contributed by atoms with van der Waals surface area (Å²) in [4.78, 5) is 0. The van der Waals surface area contributed by atoms with Gasteiger partial charge in [-0.05, 0) is 38.8 Å². The largest absolute Gasteiger partial charge is 0.346 e. The van der Waals surface area contributed by atoms with E-state index < -0.39 is 0 Å². The lowest BCUT2D eigenvalue weighted by Gasteiger charge is -2.21. The Bertz CT molecular complexity index is 238. The van der Waals surface area contributed by atoms with E-state index in [0.29, 0.717) is 12.0 Å². The van der Waals surface area contributed by atoms with Gasteiger partial charge in [0.15, 0.2) is 0 Å². The molecule has 0 saturated heterocycles. The van der Waals surface area contributed by atoms with Crippen LogP contribution in [0.4, 0.5) is 0 Å². The van der Waals surface area contributed by atoms with E-state index in [9.17, 15) is 0 Å². The summed E-state index contributed by atoms with van der Waals surface area (Å²) >= 11 is 0. The molecule has 1 aromatic heterocycles. The average Bonchev–Trinajstić information content (AvgIpc) is 2.30. The van der Waals surface area contributed by atoms with Crippen molar-refractivity contribution >= 4 is 0 Å². The van der Waals surface area contributed by atoms with E-state index in [1.54, 1.807) is 0 Å². The molecule has 0 radical (unpaired) electrons. The Morgan fingerprint density at radius 3 is 1.75 bits per heavy atom. The molecule has 1 aromatic rings. The molecule has 0 fully saturated rings. The van der Waals surface area contributed by atoms with E-state index in [-0.39, 0.29) is 0 Å². The Hall–Kier alpha value is -0.720. The molecule has 0 amide bonds. The van der Waals surface area contributed by atoms with Crippen LogP contribution in [0, 0.1) is 19.8 Å². The predicted octanol–water partition coefficient (Wildman–Crippen LogP) is 3.32. The zero-order valence-electron chi connectivity index (χ0n) is 8.76. The molecule has 0 saturated carbocycles. The molecule has 1 atom stereocenters. The first-order valence-electron chi connectivity index (χ1n) is 4.68. The topological polar surface area (TPSA) is 4.93 Å². The first-order valence-corrected chi connectivity index (χ1v) is 4.68. The second-order valence-electron chi connectivity index (χ2n) is 3.97. The molecule has 0 aliphatic carbocycles. The molecule has 1 heterocycles. The van der Waals surface area contributed by atoms with E-state index >= 15 is 0 Å². The maximum Gasteiger partial charge on any atom is 0.0330 e. The van der Waals surface area contributed by atoms with Crippen molar-refractivity contribution in [3.8, 4) is 0 Å². The number of nitrogens with zero attached hydrogens (tertiary/aromatic N) is 1. The van der Waals surface area contributed by atoms with Crippen molar-refractivity contribution in [2.24, 2.45) is 5.92 Å². The van der Waals surface area contributed by atoms with Crippen molar-refractivity contribution in [2.75, 3.05) is 0 Å².